The number of ether oxygens (including phenoxy) is 1. The molecule has 0 radical (unpaired) electrons. The molecule has 5 nitrogen and oxygen atoms in total. The van der Waals surface area contributed by atoms with E-state index < -0.39 is 0 Å². The Morgan fingerprint density at radius 3 is 2.86 bits per heavy atom. The number of nitrogens with zero attached hydrogens (tertiary/aromatic N) is 2. The van der Waals surface area contributed by atoms with Gasteiger partial charge in [0, 0.05) is 28.6 Å². The average Bonchev–Trinajstić information content (AvgIpc) is 3.38. The first-order chi connectivity index (χ1) is 13.6. The molecule has 0 amide bonds. The predicted octanol–water partition coefficient (Wildman–Crippen LogP) is 4.80. The number of esters is 1. The molecular formula is C20H16N2O3S3. The van der Waals surface area contributed by atoms with Crippen molar-refractivity contribution in [1.82, 2.24) is 9.55 Å². The van der Waals surface area contributed by atoms with Crippen molar-refractivity contribution in [3.63, 3.8) is 0 Å². The molecule has 0 aliphatic rings. The fourth-order valence-corrected chi connectivity index (χ4v) is 5.57. The third-order valence-electron chi connectivity index (χ3n) is 4.28. The van der Waals surface area contributed by atoms with Gasteiger partial charge in [0.25, 0.3) is 5.56 Å². The maximum Gasteiger partial charge on any atom is 0.337 e. The van der Waals surface area contributed by atoms with E-state index in [1.54, 1.807) is 35.1 Å². The van der Waals surface area contributed by atoms with E-state index in [-0.39, 0.29) is 11.5 Å². The van der Waals surface area contributed by atoms with Crippen LogP contribution in [0.3, 0.4) is 0 Å². The van der Waals surface area contributed by atoms with Crippen molar-refractivity contribution >= 4 is 50.6 Å². The molecule has 0 unspecified atom stereocenters. The number of thioether (sulfide) groups is 1. The fourth-order valence-electron chi connectivity index (χ4n) is 2.85. The summed E-state index contributed by atoms with van der Waals surface area (Å²) in [6, 6.07) is 11.3. The minimum atomic E-state index is -0.363. The van der Waals surface area contributed by atoms with Crippen LogP contribution in [0.5, 0.6) is 0 Å². The Labute approximate surface area is 173 Å². The summed E-state index contributed by atoms with van der Waals surface area (Å²) in [6.07, 6.45) is 0. The zero-order chi connectivity index (χ0) is 19.7. The van der Waals surface area contributed by atoms with E-state index in [4.69, 9.17) is 9.72 Å². The predicted molar refractivity (Wildman–Crippen MR) is 116 cm³/mol. The first-order valence-corrected chi connectivity index (χ1v) is 11.1. The summed E-state index contributed by atoms with van der Waals surface area (Å²) in [5.41, 5.74) is 2.38. The molecule has 0 aliphatic heterocycles. The van der Waals surface area contributed by atoms with E-state index in [2.05, 4.69) is 0 Å². The fraction of sp³-hybridized carbons (Fsp3) is 0.150. The molecule has 3 heterocycles. The highest BCUT2D eigenvalue weighted by molar-refractivity contribution is 7.98. The summed E-state index contributed by atoms with van der Waals surface area (Å²) in [7, 11) is 3.11. The van der Waals surface area contributed by atoms with Gasteiger partial charge in [0.15, 0.2) is 5.16 Å². The van der Waals surface area contributed by atoms with Gasteiger partial charge in [0.2, 0.25) is 0 Å². The quantitative estimate of drug-likeness (QED) is 0.260. The summed E-state index contributed by atoms with van der Waals surface area (Å²) < 4.78 is 6.37. The summed E-state index contributed by atoms with van der Waals surface area (Å²) in [5.74, 6) is 0.234. The monoisotopic (exact) mass is 428 g/mol. The Bertz CT molecular complexity index is 1210. The second-order valence-corrected chi connectivity index (χ2v) is 8.79. The molecule has 0 N–H and O–H groups in total. The molecule has 4 rings (SSSR count). The van der Waals surface area contributed by atoms with Gasteiger partial charge in [-0.2, -0.15) is 0 Å². The van der Waals surface area contributed by atoms with Gasteiger partial charge < -0.3 is 4.74 Å². The second kappa shape index (κ2) is 7.90. The number of carbonyl (C=O) groups excluding carboxylic acids is 1. The van der Waals surface area contributed by atoms with Crippen molar-refractivity contribution in [3.8, 4) is 10.4 Å². The Kier molecular flexibility index (Phi) is 5.34. The van der Waals surface area contributed by atoms with E-state index in [9.17, 15) is 9.59 Å². The molecule has 0 spiro atoms. The molecule has 4 aromatic rings. The number of carbonyl (C=O) groups is 1. The number of benzene rings is 1. The first-order valence-electron chi connectivity index (χ1n) is 8.40. The van der Waals surface area contributed by atoms with Crippen LogP contribution in [0.25, 0.3) is 20.7 Å². The highest BCUT2D eigenvalue weighted by Crippen LogP contribution is 2.34. The molecule has 142 valence electrons. The Balaban J connectivity index is 1.65. The Morgan fingerprint density at radius 2 is 2.11 bits per heavy atom. The van der Waals surface area contributed by atoms with Crippen LogP contribution in [0.1, 0.15) is 15.9 Å². The topological polar surface area (TPSA) is 61.2 Å². The van der Waals surface area contributed by atoms with E-state index >= 15 is 0 Å². The normalized spacial score (nSPS) is 11.1. The molecule has 28 heavy (non-hydrogen) atoms. The highest BCUT2D eigenvalue weighted by Gasteiger charge is 2.16. The van der Waals surface area contributed by atoms with E-state index in [1.165, 1.54) is 30.2 Å². The van der Waals surface area contributed by atoms with Gasteiger partial charge >= 0.3 is 5.97 Å². The van der Waals surface area contributed by atoms with Crippen molar-refractivity contribution in [2.24, 2.45) is 7.05 Å². The minimum absolute atomic E-state index is 0.0412. The van der Waals surface area contributed by atoms with Gasteiger partial charge in [0.05, 0.1) is 18.1 Å². The van der Waals surface area contributed by atoms with E-state index in [1.807, 2.05) is 35.0 Å². The maximum atomic E-state index is 13.0. The molecular weight excluding hydrogens is 412 g/mol. The van der Waals surface area contributed by atoms with Crippen LogP contribution in [-0.2, 0) is 17.5 Å². The third-order valence-corrected chi connectivity index (χ3v) is 7.15. The molecule has 0 saturated heterocycles. The number of hydrogen-bond acceptors (Lipinski definition) is 7. The van der Waals surface area contributed by atoms with E-state index in [0.29, 0.717) is 21.9 Å². The van der Waals surface area contributed by atoms with Crippen LogP contribution < -0.4 is 5.56 Å². The van der Waals surface area contributed by atoms with Gasteiger partial charge in [-0.3, -0.25) is 9.36 Å². The number of fused-ring (bicyclic) bond motifs is 1. The zero-order valence-corrected chi connectivity index (χ0v) is 17.6. The summed E-state index contributed by atoms with van der Waals surface area (Å²) in [6.45, 7) is 0. The number of hydrogen-bond donors (Lipinski definition) is 0. The van der Waals surface area contributed by atoms with Crippen LogP contribution in [0.2, 0.25) is 0 Å². The summed E-state index contributed by atoms with van der Waals surface area (Å²) in [5, 5.41) is 5.33. The molecule has 0 aliphatic carbocycles. The van der Waals surface area contributed by atoms with Gasteiger partial charge in [-0.05, 0) is 29.1 Å². The van der Waals surface area contributed by atoms with Crippen molar-refractivity contribution in [2.45, 2.75) is 10.9 Å². The third kappa shape index (κ3) is 3.50. The summed E-state index contributed by atoms with van der Waals surface area (Å²) in [4.78, 5) is 31.2. The molecule has 0 bridgehead atoms. The molecule has 8 heteroatoms. The number of aromatic nitrogens is 2. The van der Waals surface area contributed by atoms with Crippen LogP contribution in [0.15, 0.2) is 57.1 Å². The lowest BCUT2D eigenvalue weighted by molar-refractivity contribution is 0.0600. The minimum Gasteiger partial charge on any atom is -0.465 e. The Hall–Kier alpha value is -2.42. The van der Waals surface area contributed by atoms with Crippen LogP contribution >= 0.6 is 34.4 Å². The molecule has 1 aromatic carbocycles. The van der Waals surface area contributed by atoms with Gasteiger partial charge in [-0.1, -0.05) is 30.0 Å². The average molecular weight is 429 g/mol. The molecule has 3 aromatic heterocycles. The van der Waals surface area contributed by atoms with Crippen molar-refractivity contribution in [2.75, 3.05) is 7.11 Å². The second-order valence-electron chi connectivity index (χ2n) is 6.05. The molecule has 0 atom stereocenters. The highest BCUT2D eigenvalue weighted by atomic mass is 32.2. The molecule has 0 saturated carbocycles. The van der Waals surface area contributed by atoms with Gasteiger partial charge in [-0.15, -0.1) is 22.7 Å². The standard InChI is InChI=1S/C20H16N2O3S3/c1-22-18(23)16-14(15-7-4-8-26-15)11-27-17(16)21-20(22)28-10-12-5-3-6-13(9-12)19(24)25-2/h3-9,11H,10H2,1-2H3. The SMILES string of the molecule is COC(=O)c1cccc(CSc2nc3scc(-c4cccs4)c3c(=O)n2C)c1. The lowest BCUT2D eigenvalue weighted by Crippen LogP contribution is -2.19. The van der Waals surface area contributed by atoms with Crippen molar-refractivity contribution < 1.29 is 9.53 Å². The van der Waals surface area contributed by atoms with Crippen molar-refractivity contribution in [1.29, 1.82) is 0 Å². The smallest absolute Gasteiger partial charge is 0.337 e. The lowest BCUT2D eigenvalue weighted by atomic mass is 10.1. The number of methoxy groups -OCH3 is 1. The zero-order valence-electron chi connectivity index (χ0n) is 15.2. The van der Waals surface area contributed by atoms with Gasteiger partial charge in [0.1, 0.15) is 4.83 Å². The van der Waals surface area contributed by atoms with Crippen molar-refractivity contribution in [3.05, 3.63) is 68.6 Å². The Morgan fingerprint density at radius 1 is 1.25 bits per heavy atom. The number of thiophene rings is 2. The lowest BCUT2D eigenvalue weighted by Gasteiger charge is -2.08. The van der Waals surface area contributed by atoms with Crippen LogP contribution in [-0.4, -0.2) is 22.6 Å². The maximum absolute atomic E-state index is 13.0. The van der Waals surface area contributed by atoms with Crippen LogP contribution in [0, 0.1) is 0 Å². The first kappa shape index (κ1) is 18.9. The summed E-state index contributed by atoms with van der Waals surface area (Å²) >= 11 is 4.58. The van der Waals surface area contributed by atoms with Crippen LogP contribution in [0.4, 0.5) is 0 Å². The number of rotatable bonds is 5. The largest absolute Gasteiger partial charge is 0.465 e. The van der Waals surface area contributed by atoms with Gasteiger partial charge in [-0.25, -0.2) is 9.78 Å². The van der Waals surface area contributed by atoms with E-state index in [0.717, 1.165) is 20.8 Å². The molecule has 0 fully saturated rings.